The lowest BCUT2D eigenvalue weighted by molar-refractivity contribution is 0.214. The van der Waals surface area contributed by atoms with Gasteiger partial charge in [0.2, 0.25) is 5.88 Å². The minimum atomic E-state index is -2.85. The van der Waals surface area contributed by atoms with Gasteiger partial charge in [-0.3, -0.25) is 9.89 Å². The van der Waals surface area contributed by atoms with Gasteiger partial charge >= 0.3 is 0 Å². The summed E-state index contributed by atoms with van der Waals surface area (Å²) in [6.45, 7) is 6.12. The van der Waals surface area contributed by atoms with Gasteiger partial charge in [-0.1, -0.05) is 6.07 Å². The van der Waals surface area contributed by atoms with E-state index in [2.05, 4.69) is 25.4 Å². The Bertz CT molecular complexity index is 915. The molecule has 1 aromatic carbocycles. The van der Waals surface area contributed by atoms with E-state index in [1.54, 1.807) is 18.3 Å². The van der Waals surface area contributed by atoms with Gasteiger partial charge in [0, 0.05) is 37.6 Å². The highest BCUT2D eigenvalue weighted by Crippen LogP contribution is 2.24. The largest absolute Gasteiger partial charge is 0.475 e. The van der Waals surface area contributed by atoms with Crippen molar-refractivity contribution in [2.24, 2.45) is 4.99 Å². The molecule has 0 atom stereocenters. The highest BCUT2D eigenvalue weighted by Gasteiger charge is 2.21. The van der Waals surface area contributed by atoms with Crippen LogP contribution in [0, 0.1) is 6.92 Å². The van der Waals surface area contributed by atoms with E-state index in [0.29, 0.717) is 37.9 Å². The summed E-state index contributed by atoms with van der Waals surface area (Å²) in [4.78, 5) is 6.43. The molecular formula is C19H25N5O3S. The van der Waals surface area contributed by atoms with Crippen LogP contribution in [-0.4, -0.2) is 67.5 Å². The van der Waals surface area contributed by atoms with Crippen molar-refractivity contribution in [3.05, 3.63) is 35.9 Å². The zero-order valence-electron chi connectivity index (χ0n) is 16.1. The summed E-state index contributed by atoms with van der Waals surface area (Å²) in [5, 5.41) is 11.4. The summed E-state index contributed by atoms with van der Waals surface area (Å²) in [6, 6.07) is 9.49. The Morgan fingerprint density at radius 1 is 1.21 bits per heavy atom. The van der Waals surface area contributed by atoms with Crippen LogP contribution in [0.1, 0.15) is 12.5 Å². The normalized spacial score (nSPS) is 16.9. The number of hydrogen-bond acceptors (Lipinski definition) is 8. The number of aliphatic imine (C=N–C) groups is 1. The molecule has 1 aliphatic rings. The van der Waals surface area contributed by atoms with Crippen molar-refractivity contribution in [1.82, 2.24) is 15.1 Å². The molecule has 3 rings (SSSR count). The van der Waals surface area contributed by atoms with Crippen LogP contribution in [0.15, 0.2) is 35.3 Å². The molecule has 2 heterocycles. The minimum Gasteiger partial charge on any atom is -0.475 e. The minimum absolute atomic E-state index is 0.220. The van der Waals surface area contributed by atoms with Crippen LogP contribution in [0.25, 0.3) is 0 Å². The van der Waals surface area contributed by atoms with Gasteiger partial charge in [-0.05, 0) is 37.6 Å². The van der Waals surface area contributed by atoms with Gasteiger partial charge in [0.1, 0.15) is 6.61 Å². The second kappa shape index (κ2) is 9.11. The van der Waals surface area contributed by atoms with Gasteiger partial charge < -0.3 is 10.1 Å². The Hall–Kier alpha value is -2.52. The highest BCUT2D eigenvalue weighted by molar-refractivity contribution is 7.91. The molecule has 1 N–H and O–H groups in total. The van der Waals surface area contributed by atoms with Crippen LogP contribution in [0.5, 0.6) is 5.88 Å². The van der Waals surface area contributed by atoms with Gasteiger partial charge in [0.25, 0.3) is 0 Å². The van der Waals surface area contributed by atoms with Crippen LogP contribution in [0.2, 0.25) is 0 Å². The number of anilines is 2. The molecule has 0 bridgehead atoms. The summed E-state index contributed by atoms with van der Waals surface area (Å²) in [7, 11) is -2.85. The fourth-order valence-electron chi connectivity index (χ4n) is 2.83. The number of hydrogen-bond donors (Lipinski definition) is 1. The van der Waals surface area contributed by atoms with Crippen molar-refractivity contribution < 1.29 is 13.2 Å². The third-order valence-electron chi connectivity index (χ3n) is 4.48. The third-order valence-corrected chi connectivity index (χ3v) is 6.09. The first-order chi connectivity index (χ1) is 13.4. The maximum absolute atomic E-state index is 11.4. The molecule has 150 valence electrons. The first kappa shape index (κ1) is 20.2. The van der Waals surface area contributed by atoms with Crippen LogP contribution in [-0.2, 0) is 9.84 Å². The lowest BCUT2D eigenvalue weighted by atomic mass is 10.2. The number of nitrogens with one attached hydrogen (secondary N) is 1. The lowest BCUT2D eigenvalue weighted by Gasteiger charge is -2.26. The smallest absolute Gasteiger partial charge is 0.233 e. The van der Waals surface area contributed by atoms with Gasteiger partial charge in [-0.2, -0.15) is 0 Å². The SMILES string of the molecule is C/C=N\c1cc(Nc2ccc(OCCN3CCS(=O)(=O)CC3)nn2)ccc1C. The van der Waals surface area contributed by atoms with E-state index >= 15 is 0 Å². The Labute approximate surface area is 165 Å². The average Bonchev–Trinajstić information content (AvgIpc) is 2.67. The topological polar surface area (TPSA) is 96.8 Å². The van der Waals surface area contributed by atoms with Crippen LogP contribution in [0.3, 0.4) is 0 Å². The molecular weight excluding hydrogens is 378 g/mol. The van der Waals surface area contributed by atoms with Crippen molar-refractivity contribution >= 4 is 33.2 Å². The number of benzene rings is 1. The first-order valence-corrected chi connectivity index (χ1v) is 11.0. The van der Waals surface area contributed by atoms with Crippen LogP contribution < -0.4 is 10.1 Å². The first-order valence-electron chi connectivity index (χ1n) is 9.21. The van der Waals surface area contributed by atoms with E-state index in [-0.39, 0.29) is 11.5 Å². The molecule has 28 heavy (non-hydrogen) atoms. The Kier molecular flexibility index (Phi) is 6.58. The lowest BCUT2D eigenvalue weighted by Crippen LogP contribution is -2.42. The van der Waals surface area contributed by atoms with E-state index in [1.807, 2.05) is 32.0 Å². The van der Waals surface area contributed by atoms with Gasteiger partial charge in [0.15, 0.2) is 15.7 Å². The van der Waals surface area contributed by atoms with Crippen LogP contribution >= 0.6 is 0 Å². The predicted molar refractivity (Wildman–Crippen MR) is 111 cm³/mol. The zero-order chi connectivity index (χ0) is 20.0. The Balaban J connectivity index is 1.49. The van der Waals surface area contributed by atoms with E-state index in [9.17, 15) is 8.42 Å². The summed E-state index contributed by atoms with van der Waals surface area (Å²) in [5.41, 5.74) is 2.89. The van der Waals surface area contributed by atoms with Crippen molar-refractivity contribution in [2.45, 2.75) is 13.8 Å². The maximum Gasteiger partial charge on any atom is 0.233 e. The molecule has 2 aromatic rings. The molecule has 0 saturated carbocycles. The zero-order valence-corrected chi connectivity index (χ0v) is 16.9. The van der Waals surface area contributed by atoms with Gasteiger partial charge in [-0.25, -0.2) is 8.42 Å². The second-order valence-corrected chi connectivity index (χ2v) is 8.92. The maximum atomic E-state index is 11.4. The average molecular weight is 404 g/mol. The molecule has 0 aliphatic carbocycles. The summed E-state index contributed by atoms with van der Waals surface area (Å²) in [6.07, 6.45) is 1.76. The van der Waals surface area contributed by atoms with E-state index in [0.717, 1.165) is 16.9 Å². The van der Waals surface area contributed by atoms with Crippen molar-refractivity contribution in [3.8, 4) is 5.88 Å². The number of sulfone groups is 1. The van der Waals surface area contributed by atoms with Gasteiger partial charge in [-0.15, -0.1) is 10.2 Å². The number of aryl methyl sites for hydroxylation is 1. The van der Waals surface area contributed by atoms with E-state index in [4.69, 9.17) is 4.74 Å². The van der Waals surface area contributed by atoms with Crippen molar-refractivity contribution in [1.29, 1.82) is 0 Å². The molecule has 0 radical (unpaired) electrons. The Morgan fingerprint density at radius 2 is 2.00 bits per heavy atom. The van der Waals surface area contributed by atoms with Crippen molar-refractivity contribution in [2.75, 3.05) is 43.1 Å². The summed E-state index contributed by atoms with van der Waals surface area (Å²) in [5.74, 6) is 1.49. The molecule has 1 saturated heterocycles. The quantitative estimate of drug-likeness (QED) is 0.709. The summed E-state index contributed by atoms with van der Waals surface area (Å²) >= 11 is 0. The number of ether oxygens (including phenoxy) is 1. The fourth-order valence-corrected chi connectivity index (χ4v) is 4.11. The predicted octanol–water partition coefficient (Wildman–Crippen LogP) is 2.36. The molecule has 8 nitrogen and oxygen atoms in total. The Morgan fingerprint density at radius 3 is 2.68 bits per heavy atom. The molecule has 1 fully saturated rings. The van der Waals surface area contributed by atoms with Crippen molar-refractivity contribution in [3.63, 3.8) is 0 Å². The molecule has 0 spiro atoms. The standard InChI is InChI=1S/C19H25N5O3S/c1-3-20-17-14-16(5-4-15(17)2)21-18-6-7-19(23-22-18)27-11-8-24-9-12-28(25,26)13-10-24/h3-7,14H,8-13H2,1-2H3,(H,21,22)/b20-3-. The summed E-state index contributed by atoms with van der Waals surface area (Å²) < 4.78 is 28.5. The molecule has 0 amide bonds. The number of rotatable bonds is 7. The van der Waals surface area contributed by atoms with Gasteiger partial charge in [0.05, 0.1) is 17.2 Å². The highest BCUT2D eigenvalue weighted by atomic mass is 32.2. The molecule has 1 aliphatic heterocycles. The number of aromatic nitrogens is 2. The monoisotopic (exact) mass is 403 g/mol. The molecule has 0 unspecified atom stereocenters. The van der Waals surface area contributed by atoms with Crippen LogP contribution in [0.4, 0.5) is 17.2 Å². The molecule has 9 heteroatoms. The third kappa shape index (κ3) is 5.74. The van der Waals surface area contributed by atoms with E-state index in [1.165, 1.54) is 0 Å². The van der Waals surface area contributed by atoms with E-state index < -0.39 is 9.84 Å². The second-order valence-electron chi connectivity index (χ2n) is 6.61. The fraction of sp³-hybridized carbons (Fsp3) is 0.421. The number of nitrogens with zero attached hydrogens (tertiary/aromatic N) is 4. The molecule has 1 aromatic heterocycles.